The van der Waals surface area contributed by atoms with E-state index in [-0.39, 0.29) is 0 Å². The molecular weight excluding hydrogens is 232 g/mol. The van der Waals surface area contributed by atoms with Crippen molar-refractivity contribution in [2.75, 3.05) is 45.3 Å². The lowest BCUT2D eigenvalue weighted by molar-refractivity contribution is 0.0368. The Labute approximate surface area is 107 Å². The van der Waals surface area contributed by atoms with Crippen molar-refractivity contribution in [2.24, 2.45) is 0 Å². The highest BCUT2D eigenvalue weighted by atomic mass is 16.5. The molecule has 1 N–H and O–H groups in total. The second-order valence-corrected chi connectivity index (χ2v) is 4.40. The lowest BCUT2D eigenvalue weighted by Crippen LogP contribution is -2.42. The second-order valence-electron chi connectivity index (χ2n) is 4.40. The van der Waals surface area contributed by atoms with Gasteiger partial charge in [-0.15, -0.1) is 0 Å². The van der Waals surface area contributed by atoms with Gasteiger partial charge in [0, 0.05) is 31.7 Å². The predicted octanol–water partition coefficient (Wildman–Crippen LogP) is 0.618. The molecule has 1 fully saturated rings. The van der Waals surface area contributed by atoms with Crippen LogP contribution in [0.4, 0.5) is 5.82 Å². The first-order valence-electron chi connectivity index (χ1n) is 6.20. The Morgan fingerprint density at radius 2 is 2.22 bits per heavy atom. The number of nitrogens with zero attached hydrogens (tertiary/aromatic N) is 3. The first-order chi connectivity index (χ1) is 8.78. The number of nitrogens with one attached hydrogen (secondary N) is 1. The summed E-state index contributed by atoms with van der Waals surface area (Å²) in [6.07, 6.45) is 1.50. The molecule has 0 aromatic carbocycles. The molecule has 1 saturated heterocycles. The number of hydrogen-bond donors (Lipinski definition) is 1. The SMILES string of the molecule is COc1cc(NC(C)CN2CCOCC2)ncn1. The topological polar surface area (TPSA) is 59.5 Å². The summed E-state index contributed by atoms with van der Waals surface area (Å²) in [6, 6.07) is 2.12. The molecule has 0 saturated carbocycles. The van der Waals surface area contributed by atoms with Crippen LogP contribution < -0.4 is 10.1 Å². The van der Waals surface area contributed by atoms with E-state index in [1.807, 2.05) is 0 Å². The van der Waals surface area contributed by atoms with Gasteiger partial charge in [-0.2, -0.15) is 0 Å². The Kier molecular flexibility index (Phi) is 4.72. The van der Waals surface area contributed by atoms with Crippen LogP contribution in [0, 0.1) is 0 Å². The summed E-state index contributed by atoms with van der Waals surface area (Å²) >= 11 is 0. The molecule has 1 atom stereocenters. The molecule has 18 heavy (non-hydrogen) atoms. The number of aromatic nitrogens is 2. The Balaban J connectivity index is 1.83. The maximum absolute atomic E-state index is 5.33. The summed E-state index contributed by atoms with van der Waals surface area (Å²) in [5.74, 6) is 1.37. The normalized spacial score (nSPS) is 18.3. The van der Waals surface area contributed by atoms with Crippen LogP contribution in [-0.2, 0) is 4.74 Å². The Hall–Kier alpha value is -1.40. The van der Waals surface area contributed by atoms with E-state index in [0.29, 0.717) is 11.9 Å². The van der Waals surface area contributed by atoms with Crippen LogP contribution in [0.3, 0.4) is 0 Å². The zero-order valence-corrected chi connectivity index (χ0v) is 10.9. The monoisotopic (exact) mass is 252 g/mol. The van der Waals surface area contributed by atoms with Crippen LogP contribution >= 0.6 is 0 Å². The summed E-state index contributed by atoms with van der Waals surface area (Å²) < 4.78 is 10.4. The number of rotatable bonds is 5. The van der Waals surface area contributed by atoms with Crippen molar-refractivity contribution >= 4 is 5.82 Å². The third-order valence-electron chi connectivity index (χ3n) is 2.88. The first-order valence-corrected chi connectivity index (χ1v) is 6.20. The molecule has 6 nitrogen and oxygen atoms in total. The van der Waals surface area contributed by atoms with Gasteiger partial charge in [0.15, 0.2) is 0 Å². The quantitative estimate of drug-likeness (QED) is 0.829. The van der Waals surface area contributed by atoms with Crippen LogP contribution in [0.25, 0.3) is 0 Å². The molecule has 1 aliphatic rings. The van der Waals surface area contributed by atoms with Gasteiger partial charge in [-0.1, -0.05) is 0 Å². The summed E-state index contributed by atoms with van der Waals surface area (Å²) in [7, 11) is 1.60. The third kappa shape index (κ3) is 3.82. The molecule has 2 heterocycles. The van der Waals surface area contributed by atoms with Gasteiger partial charge in [-0.25, -0.2) is 9.97 Å². The maximum atomic E-state index is 5.33. The molecule has 0 spiro atoms. The van der Waals surface area contributed by atoms with Gasteiger partial charge in [0.1, 0.15) is 12.1 Å². The first kappa shape index (κ1) is 13.0. The molecule has 0 bridgehead atoms. The molecule has 2 rings (SSSR count). The van der Waals surface area contributed by atoms with Crippen LogP contribution in [-0.4, -0.2) is 60.9 Å². The smallest absolute Gasteiger partial charge is 0.218 e. The minimum absolute atomic E-state index is 0.322. The average Bonchev–Trinajstić information content (AvgIpc) is 2.40. The standard InChI is InChI=1S/C12H20N4O2/c1-10(8-16-3-5-18-6-4-16)15-11-7-12(17-2)14-9-13-11/h7,9-10H,3-6,8H2,1-2H3,(H,13,14,15). The fraction of sp³-hybridized carbons (Fsp3) is 0.667. The van der Waals surface area contributed by atoms with Crippen LogP contribution in [0.15, 0.2) is 12.4 Å². The summed E-state index contributed by atoms with van der Waals surface area (Å²) in [6.45, 7) is 6.78. The van der Waals surface area contributed by atoms with Crippen molar-refractivity contribution in [3.63, 3.8) is 0 Å². The largest absolute Gasteiger partial charge is 0.481 e. The fourth-order valence-corrected chi connectivity index (χ4v) is 2.00. The zero-order chi connectivity index (χ0) is 12.8. The minimum Gasteiger partial charge on any atom is -0.481 e. The van der Waals surface area contributed by atoms with E-state index in [1.165, 1.54) is 6.33 Å². The minimum atomic E-state index is 0.322. The molecule has 100 valence electrons. The van der Waals surface area contributed by atoms with Gasteiger partial charge in [0.05, 0.1) is 20.3 Å². The van der Waals surface area contributed by atoms with Crippen molar-refractivity contribution in [1.82, 2.24) is 14.9 Å². The van der Waals surface area contributed by atoms with Crippen molar-refractivity contribution in [1.29, 1.82) is 0 Å². The number of methoxy groups -OCH3 is 1. The van der Waals surface area contributed by atoms with Gasteiger partial charge in [0.25, 0.3) is 0 Å². The van der Waals surface area contributed by atoms with E-state index in [0.717, 1.165) is 38.7 Å². The fourth-order valence-electron chi connectivity index (χ4n) is 2.00. The van der Waals surface area contributed by atoms with E-state index in [4.69, 9.17) is 9.47 Å². The highest BCUT2D eigenvalue weighted by Crippen LogP contribution is 2.11. The van der Waals surface area contributed by atoms with E-state index >= 15 is 0 Å². The molecule has 0 radical (unpaired) electrons. The Morgan fingerprint density at radius 3 is 2.94 bits per heavy atom. The van der Waals surface area contributed by atoms with Crippen molar-refractivity contribution in [3.05, 3.63) is 12.4 Å². The van der Waals surface area contributed by atoms with Gasteiger partial charge in [-0.05, 0) is 6.92 Å². The number of anilines is 1. The second kappa shape index (κ2) is 6.51. The molecule has 1 aromatic rings. The third-order valence-corrected chi connectivity index (χ3v) is 2.88. The highest BCUT2D eigenvalue weighted by molar-refractivity contribution is 5.37. The van der Waals surface area contributed by atoms with E-state index in [2.05, 4.69) is 27.1 Å². The summed E-state index contributed by atoms with van der Waals surface area (Å²) in [5.41, 5.74) is 0. The van der Waals surface area contributed by atoms with Crippen molar-refractivity contribution in [3.8, 4) is 5.88 Å². The van der Waals surface area contributed by atoms with Crippen molar-refractivity contribution in [2.45, 2.75) is 13.0 Å². The van der Waals surface area contributed by atoms with E-state index < -0.39 is 0 Å². The van der Waals surface area contributed by atoms with E-state index in [9.17, 15) is 0 Å². The van der Waals surface area contributed by atoms with Gasteiger partial charge in [0.2, 0.25) is 5.88 Å². The zero-order valence-electron chi connectivity index (χ0n) is 10.9. The average molecular weight is 252 g/mol. The van der Waals surface area contributed by atoms with Crippen LogP contribution in [0.5, 0.6) is 5.88 Å². The van der Waals surface area contributed by atoms with Gasteiger partial charge in [-0.3, -0.25) is 4.90 Å². The molecule has 1 aliphatic heterocycles. The summed E-state index contributed by atoms with van der Waals surface area (Å²) in [4.78, 5) is 10.5. The molecule has 0 amide bonds. The lowest BCUT2D eigenvalue weighted by Gasteiger charge is -2.29. The number of hydrogen-bond acceptors (Lipinski definition) is 6. The molecular formula is C12H20N4O2. The summed E-state index contributed by atoms with van der Waals surface area (Å²) in [5, 5.41) is 3.35. The predicted molar refractivity (Wildman–Crippen MR) is 68.9 cm³/mol. The van der Waals surface area contributed by atoms with Crippen LogP contribution in [0.1, 0.15) is 6.92 Å². The molecule has 0 aliphatic carbocycles. The Morgan fingerprint density at radius 1 is 1.44 bits per heavy atom. The molecule has 1 aromatic heterocycles. The Bertz CT molecular complexity index is 369. The highest BCUT2D eigenvalue weighted by Gasteiger charge is 2.13. The molecule has 6 heteroatoms. The van der Waals surface area contributed by atoms with Crippen molar-refractivity contribution < 1.29 is 9.47 Å². The maximum Gasteiger partial charge on any atom is 0.218 e. The van der Waals surface area contributed by atoms with Crippen LogP contribution in [0.2, 0.25) is 0 Å². The number of ether oxygens (including phenoxy) is 2. The van der Waals surface area contributed by atoms with Gasteiger partial charge < -0.3 is 14.8 Å². The number of morpholine rings is 1. The van der Waals surface area contributed by atoms with Gasteiger partial charge >= 0.3 is 0 Å². The lowest BCUT2D eigenvalue weighted by atomic mass is 10.3. The molecule has 1 unspecified atom stereocenters. The van der Waals surface area contributed by atoms with E-state index in [1.54, 1.807) is 13.2 Å².